The molecule has 1 aliphatic rings. The third kappa shape index (κ3) is 2.92. The number of hydrogen-bond donors (Lipinski definition) is 1. The maximum absolute atomic E-state index is 11.2. The monoisotopic (exact) mass is 369 g/mol. The number of benzene rings is 1. The molecule has 134 valence electrons. The lowest BCUT2D eigenvalue weighted by atomic mass is 9.96. The first-order chi connectivity index (χ1) is 12.5. The average Bonchev–Trinajstić information content (AvgIpc) is 2.99. The molecule has 0 amide bonds. The summed E-state index contributed by atoms with van der Waals surface area (Å²) >= 11 is 6.49. The highest BCUT2D eigenvalue weighted by Gasteiger charge is 2.25. The number of imidazole rings is 1. The smallest absolute Gasteiger partial charge is 0.306 e. The predicted octanol–water partition coefficient (Wildman–Crippen LogP) is 4.26. The van der Waals surface area contributed by atoms with E-state index in [0.29, 0.717) is 17.9 Å². The number of piperidine rings is 1. The quantitative estimate of drug-likeness (QED) is 0.749. The van der Waals surface area contributed by atoms with Gasteiger partial charge < -0.3 is 14.4 Å². The van der Waals surface area contributed by atoms with Crippen LogP contribution in [-0.2, 0) is 4.79 Å². The molecule has 5 nitrogen and oxygen atoms in total. The molecule has 0 spiro atoms. The van der Waals surface area contributed by atoms with Crippen molar-refractivity contribution < 1.29 is 9.90 Å². The minimum atomic E-state index is -0.693. The summed E-state index contributed by atoms with van der Waals surface area (Å²) in [6, 6.07) is 11.9. The number of carbonyl (C=O) groups is 1. The van der Waals surface area contributed by atoms with Crippen LogP contribution in [0.4, 0.5) is 5.69 Å². The number of hydrogen-bond acceptors (Lipinski definition) is 3. The first-order valence-corrected chi connectivity index (χ1v) is 9.14. The van der Waals surface area contributed by atoms with E-state index >= 15 is 0 Å². The molecule has 0 bridgehead atoms. The fourth-order valence-electron chi connectivity index (χ4n) is 3.65. The lowest BCUT2D eigenvalue weighted by Crippen LogP contribution is -2.36. The number of nitrogens with zero attached hydrogens (tertiary/aromatic N) is 3. The summed E-state index contributed by atoms with van der Waals surface area (Å²) in [5.74, 6) is -0.930. The third-order valence-electron chi connectivity index (χ3n) is 5.18. The van der Waals surface area contributed by atoms with E-state index in [0.717, 1.165) is 41.4 Å². The van der Waals surface area contributed by atoms with Crippen molar-refractivity contribution in [3.05, 3.63) is 53.3 Å². The van der Waals surface area contributed by atoms with Gasteiger partial charge in [-0.3, -0.25) is 4.79 Å². The molecular formula is C20H20ClN3O2. The van der Waals surface area contributed by atoms with Crippen LogP contribution in [0, 0.1) is 12.8 Å². The molecule has 2 aromatic heterocycles. The second-order valence-corrected chi connectivity index (χ2v) is 7.15. The Bertz CT molecular complexity index is 974. The molecule has 0 radical (unpaired) electrons. The zero-order chi connectivity index (χ0) is 18.3. The van der Waals surface area contributed by atoms with Gasteiger partial charge in [0.1, 0.15) is 5.65 Å². The molecule has 1 aliphatic heterocycles. The van der Waals surface area contributed by atoms with E-state index in [1.54, 1.807) is 0 Å². The Morgan fingerprint density at radius 1 is 1.23 bits per heavy atom. The minimum absolute atomic E-state index is 0.237. The Kier molecular flexibility index (Phi) is 4.32. The minimum Gasteiger partial charge on any atom is -0.481 e. The lowest BCUT2D eigenvalue weighted by Gasteiger charge is -2.32. The van der Waals surface area contributed by atoms with Crippen molar-refractivity contribution in [3.63, 3.8) is 0 Å². The maximum Gasteiger partial charge on any atom is 0.306 e. The summed E-state index contributed by atoms with van der Waals surface area (Å²) in [4.78, 5) is 18.1. The first kappa shape index (κ1) is 16.9. The van der Waals surface area contributed by atoms with E-state index in [4.69, 9.17) is 16.6 Å². The molecule has 0 atom stereocenters. The van der Waals surface area contributed by atoms with Gasteiger partial charge in [0.05, 0.1) is 16.6 Å². The summed E-state index contributed by atoms with van der Waals surface area (Å²) < 4.78 is 2.05. The number of pyridine rings is 1. The summed E-state index contributed by atoms with van der Waals surface area (Å²) in [6.45, 7) is 3.51. The van der Waals surface area contributed by atoms with Crippen LogP contribution in [0.25, 0.3) is 16.9 Å². The van der Waals surface area contributed by atoms with Crippen molar-refractivity contribution in [2.75, 3.05) is 18.0 Å². The molecule has 0 aliphatic carbocycles. The molecular weight excluding hydrogens is 350 g/mol. The summed E-state index contributed by atoms with van der Waals surface area (Å²) in [6.07, 6.45) is 3.33. The topological polar surface area (TPSA) is 57.8 Å². The molecule has 3 heterocycles. The van der Waals surface area contributed by atoms with Crippen LogP contribution in [0.2, 0.25) is 5.02 Å². The number of carboxylic acid groups (broad SMARTS) is 1. The van der Waals surface area contributed by atoms with Crippen LogP contribution >= 0.6 is 11.6 Å². The Morgan fingerprint density at radius 2 is 2.00 bits per heavy atom. The van der Waals surface area contributed by atoms with Crippen molar-refractivity contribution in [3.8, 4) is 11.3 Å². The second kappa shape index (κ2) is 6.65. The molecule has 4 rings (SSSR count). The number of aromatic nitrogens is 2. The van der Waals surface area contributed by atoms with Gasteiger partial charge in [-0.25, -0.2) is 4.98 Å². The van der Waals surface area contributed by atoms with E-state index in [-0.39, 0.29) is 5.92 Å². The van der Waals surface area contributed by atoms with Crippen molar-refractivity contribution in [1.29, 1.82) is 0 Å². The van der Waals surface area contributed by atoms with E-state index < -0.39 is 5.97 Å². The Balaban J connectivity index is 1.69. The molecule has 1 aromatic carbocycles. The van der Waals surface area contributed by atoms with Crippen LogP contribution in [-0.4, -0.2) is 33.6 Å². The summed E-state index contributed by atoms with van der Waals surface area (Å²) in [5, 5.41) is 9.84. The average molecular weight is 370 g/mol. The van der Waals surface area contributed by atoms with Gasteiger partial charge in [0.15, 0.2) is 0 Å². The fraction of sp³-hybridized carbons (Fsp3) is 0.300. The molecule has 1 saturated heterocycles. The maximum atomic E-state index is 11.2. The van der Waals surface area contributed by atoms with Gasteiger partial charge in [-0.1, -0.05) is 17.7 Å². The number of aliphatic carboxylic acids is 1. The number of aryl methyl sites for hydroxylation is 1. The first-order valence-electron chi connectivity index (χ1n) is 8.76. The van der Waals surface area contributed by atoms with E-state index in [1.807, 2.05) is 43.5 Å². The normalized spacial score (nSPS) is 15.5. The van der Waals surface area contributed by atoms with Gasteiger partial charge in [-0.05, 0) is 50.1 Å². The van der Waals surface area contributed by atoms with Crippen molar-refractivity contribution in [2.45, 2.75) is 19.8 Å². The second-order valence-electron chi connectivity index (χ2n) is 6.74. The molecule has 0 saturated carbocycles. The van der Waals surface area contributed by atoms with Gasteiger partial charge in [0, 0.05) is 36.2 Å². The van der Waals surface area contributed by atoms with E-state index in [1.165, 1.54) is 0 Å². The predicted molar refractivity (Wildman–Crippen MR) is 103 cm³/mol. The highest BCUT2D eigenvalue weighted by molar-refractivity contribution is 6.33. The summed E-state index contributed by atoms with van der Waals surface area (Å²) in [5.41, 5.74) is 4.78. The number of halogens is 1. The van der Waals surface area contributed by atoms with Gasteiger partial charge in [0.2, 0.25) is 0 Å². The van der Waals surface area contributed by atoms with Gasteiger partial charge in [-0.15, -0.1) is 0 Å². The third-order valence-corrected chi connectivity index (χ3v) is 5.51. The van der Waals surface area contributed by atoms with Gasteiger partial charge in [-0.2, -0.15) is 0 Å². The molecule has 26 heavy (non-hydrogen) atoms. The zero-order valence-corrected chi connectivity index (χ0v) is 15.3. The lowest BCUT2D eigenvalue weighted by molar-refractivity contribution is -0.142. The highest BCUT2D eigenvalue weighted by Crippen LogP contribution is 2.34. The van der Waals surface area contributed by atoms with E-state index in [2.05, 4.69) is 15.4 Å². The van der Waals surface area contributed by atoms with Crippen LogP contribution in [0.15, 0.2) is 42.6 Å². The number of carboxylic acids is 1. The fourth-order valence-corrected chi connectivity index (χ4v) is 3.86. The molecule has 6 heteroatoms. The van der Waals surface area contributed by atoms with E-state index in [9.17, 15) is 9.90 Å². The number of fused-ring (bicyclic) bond motifs is 1. The zero-order valence-electron chi connectivity index (χ0n) is 14.5. The largest absolute Gasteiger partial charge is 0.481 e. The number of anilines is 1. The van der Waals surface area contributed by atoms with Crippen molar-refractivity contribution in [2.24, 2.45) is 5.92 Å². The molecule has 3 aromatic rings. The molecule has 0 unspecified atom stereocenters. The Morgan fingerprint density at radius 3 is 2.69 bits per heavy atom. The highest BCUT2D eigenvalue weighted by atomic mass is 35.5. The van der Waals surface area contributed by atoms with Gasteiger partial charge in [0.25, 0.3) is 0 Å². The Labute approximate surface area is 156 Å². The number of rotatable bonds is 3. The van der Waals surface area contributed by atoms with Crippen LogP contribution in [0.5, 0.6) is 0 Å². The van der Waals surface area contributed by atoms with Crippen LogP contribution in [0.1, 0.15) is 18.5 Å². The molecule has 1 fully saturated rings. The van der Waals surface area contributed by atoms with Crippen LogP contribution in [0.3, 0.4) is 0 Å². The SMILES string of the molecule is Cc1c(-c2cc(N3CCC(C(=O)O)CC3)ccc2Cl)nc2ccccn12. The van der Waals surface area contributed by atoms with Crippen molar-refractivity contribution >= 4 is 28.9 Å². The van der Waals surface area contributed by atoms with Crippen molar-refractivity contribution in [1.82, 2.24) is 9.38 Å². The van der Waals surface area contributed by atoms with Gasteiger partial charge >= 0.3 is 5.97 Å². The standard InChI is InChI=1S/C20H20ClN3O2/c1-13-19(22-18-4-2-3-9-24(13)18)16-12-15(5-6-17(16)21)23-10-7-14(8-11-23)20(25)26/h2-6,9,12,14H,7-8,10-11H2,1H3,(H,25,26). The molecule has 1 N–H and O–H groups in total. The summed E-state index contributed by atoms with van der Waals surface area (Å²) in [7, 11) is 0. The van der Waals surface area contributed by atoms with Crippen LogP contribution < -0.4 is 4.90 Å². The Hall–Kier alpha value is -2.53.